The first-order chi connectivity index (χ1) is 17.4. The first-order valence-electron chi connectivity index (χ1n) is 11.7. The summed E-state index contributed by atoms with van der Waals surface area (Å²) in [7, 11) is 4.68. The summed E-state index contributed by atoms with van der Waals surface area (Å²) in [4.78, 5) is 27.1. The smallest absolute Gasteiger partial charge is 0.336 e. The molecule has 0 aromatic heterocycles. The summed E-state index contributed by atoms with van der Waals surface area (Å²) in [5.74, 6) is -0.0630. The predicted octanol–water partition coefficient (Wildman–Crippen LogP) is 4.91. The van der Waals surface area contributed by atoms with Crippen LogP contribution >= 0.6 is 11.6 Å². The van der Waals surface area contributed by atoms with Gasteiger partial charge in [0.15, 0.2) is 5.78 Å². The van der Waals surface area contributed by atoms with Crippen molar-refractivity contribution in [3.63, 3.8) is 0 Å². The molecule has 2 atom stereocenters. The molecule has 0 saturated carbocycles. The number of halogens is 1. The van der Waals surface area contributed by atoms with E-state index in [1.165, 1.54) is 0 Å². The molecule has 2 aliphatic rings. The van der Waals surface area contributed by atoms with Gasteiger partial charge in [0.05, 0.1) is 32.3 Å². The number of carbonyl (C=O) groups excluding carboxylic acids is 2. The molecule has 2 aromatic rings. The van der Waals surface area contributed by atoms with E-state index in [1.54, 1.807) is 33.5 Å². The summed E-state index contributed by atoms with van der Waals surface area (Å²) in [5, 5.41) is 4.01. The van der Waals surface area contributed by atoms with E-state index >= 15 is 0 Å². The number of Topliss-reactive ketones (excluding diaryl/α,β-unsaturated/α-hetero) is 1. The zero-order valence-corrected chi connectivity index (χ0v) is 21.6. The Morgan fingerprint density at radius 3 is 2.44 bits per heavy atom. The van der Waals surface area contributed by atoms with Crippen LogP contribution in [0, 0.1) is 0 Å². The molecule has 0 fully saturated rings. The quantitative estimate of drug-likeness (QED) is 0.398. The number of allylic oxidation sites excluding steroid dienone is 3. The van der Waals surface area contributed by atoms with Crippen molar-refractivity contribution < 1.29 is 28.5 Å². The molecular formula is C28H30ClNO6. The molecule has 8 heteroatoms. The fourth-order valence-corrected chi connectivity index (χ4v) is 5.08. The molecule has 0 saturated heterocycles. The monoisotopic (exact) mass is 511 g/mol. The zero-order valence-electron chi connectivity index (χ0n) is 20.9. The molecule has 0 spiro atoms. The van der Waals surface area contributed by atoms with Crippen LogP contribution in [-0.4, -0.2) is 46.3 Å². The molecule has 0 unspecified atom stereocenters. The van der Waals surface area contributed by atoms with Crippen LogP contribution in [0.25, 0.3) is 0 Å². The van der Waals surface area contributed by atoms with Gasteiger partial charge in [0.1, 0.15) is 18.1 Å². The molecular weight excluding hydrogens is 482 g/mol. The zero-order chi connectivity index (χ0) is 25.8. The van der Waals surface area contributed by atoms with E-state index in [-0.39, 0.29) is 24.9 Å². The predicted molar refractivity (Wildman–Crippen MR) is 136 cm³/mol. The Kier molecular flexibility index (Phi) is 8.01. The van der Waals surface area contributed by atoms with Gasteiger partial charge in [-0.15, -0.1) is 0 Å². The number of ether oxygens (including phenoxy) is 4. The van der Waals surface area contributed by atoms with Gasteiger partial charge in [-0.2, -0.15) is 0 Å². The number of benzene rings is 2. The normalized spacial score (nSPS) is 19.5. The fourth-order valence-electron chi connectivity index (χ4n) is 4.95. The van der Waals surface area contributed by atoms with E-state index in [1.807, 2.05) is 37.3 Å². The lowest BCUT2D eigenvalue weighted by molar-refractivity contribution is -0.140. The summed E-state index contributed by atoms with van der Waals surface area (Å²) >= 11 is 6.07. The number of hydrogen-bond acceptors (Lipinski definition) is 7. The van der Waals surface area contributed by atoms with E-state index in [0.717, 1.165) is 11.3 Å². The molecule has 1 N–H and O–H groups in total. The van der Waals surface area contributed by atoms with Crippen LogP contribution < -0.4 is 14.8 Å². The van der Waals surface area contributed by atoms with E-state index in [9.17, 15) is 9.59 Å². The number of ketones is 1. The minimum Gasteiger partial charge on any atom is -0.497 e. The van der Waals surface area contributed by atoms with Gasteiger partial charge in [-0.3, -0.25) is 4.79 Å². The summed E-state index contributed by atoms with van der Waals surface area (Å²) in [5.41, 5.74) is 4.07. The van der Waals surface area contributed by atoms with Gasteiger partial charge in [-0.25, -0.2) is 4.79 Å². The number of carbonyl (C=O) groups is 2. The standard InChI is InChI=1S/C28H30ClNO6/c1-16-25(28(32)36-12-11-33-2)26(21-15-20(34-3)9-10-24(21)35-4)27-22(30-16)13-18(14-23(27)31)17-5-7-19(29)8-6-17/h5-10,15,18,26,30H,11-14H2,1-4H3/t18-,26-/m0/s1. The highest BCUT2D eigenvalue weighted by Gasteiger charge is 2.42. The third-order valence-corrected chi connectivity index (χ3v) is 6.91. The van der Waals surface area contributed by atoms with Crippen molar-refractivity contribution >= 4 is 23.4 Å². The van der Waals surface area contributed by atoms with E-state index in [4.69, 9.17) is 30.5 Å². The van der Waals surface area contributed by atoms with Gasteiger partial charge in [0, 0.05) is 41.1 Å². The maximum Gasteiger partial charge on any atom is 0.336 e. The third kappa shape index (κ3) is 5.13. The summed E-state index contributed by atoms with van der Waals surface area (Å²) in [6.07, 6.45) is 0.935. The maximum atomic E-state index is 13.8. The van der Waals surface area contributed by atoms with E-state index in [0.29, 0.717) is 51.8 Å². The second kappa shape index (κ2) is 11.2. The number of nitrogens with one attached hydrogen (secondary N) is 1. The second-order valence-corrected chi connectivity index (χ2v) is 9.24. The number of dihydropyridines is 1. The lowest BCUT2D eigenvalue weighted by Crippen LogP contribution is -2.36. The number of methoxy groups -OCH3 is 3. The van der Waals surface area contributed by atoms with E-state index < -0.39 is 11.9 Å². The van der Waals surface area contributed by atoms with Crippen LogP contribution in [-0.2, 0) is 19.1 Å². The molecule has 4 rings (SSSR count). The fraction of sp³-hybridized carbons (Fsp3) is 0.357. The molecule has 1 heterocycles. The lowest BCUT2D eigenvalue weighted by Gasteiger charge is -2.37. The Bertz CT molecular complexity index is 1220. The van der Waals surface area contributed by atoms with Crippen molar-refractivity contribution in [2.75, 3.05) is 34.5 Å². The van der Waals surface area contributed by atoms with Crippen LogP contribution in [0.2, 0.25) is 5.02 Å². The molecule has 0 bridgehead atoms. The van der Waals surface area contributed by atoms with Gasteiger partial charge < -0.3 is 24.3 Å². The van der Waals surface area contributed by atoms with Gasteiger partial charge in [0.2, 0.25) is 0 Å². The van der Waals surface area contributed by atoms with Crippen LogP contribution in [0.3, 0.4) is 0 Å². The summed E-state index contributed by atoms with van der Waals surface area (Å²) in [6.45, 7) is 2.20. The Morgan fingerprint density at radius 2 is 1.78 bits per heavy atom. The number of rotatable bonds is 8. The van der Waals surface area contributed by atoms with E-state index in [2.05, 4.69) is 5.32 Å². The summed E-state index contributed by atoms with van der Waals surface area (Å²) in [6, 6.07) is 13.0. The highest BCUT2D eigenvalue weighted by molar-refractivity contribution is 6.30. The number of hydrogen-bond donors (Lipinski definition) is 1. The van der Waals surface area contributed by atoms with Gasteiger partial charge >= 0.3 is 5.97 Å². The van der Waals surface area contributed by atoms with Crippen LogP contribution in [0.15, 0.2) is 65.0 Å². The minimum atomic E-state index is -0.667. The van der Waals surface area contributed by atoms with Crippen LogP contribution in [0.5, 0.6) is 11.5 Å². The van der Waals surface area contributed by atoms with Gasteiger partial charge in [0.25, 0.3) is 0 Å². The molecule has 2 aromatic carbocycles. The van der Waals surface area contributed by atoms with Gasteiger partial charge in [-0.1, -0.05) is 23.7 Å². The third-order valence-electron chi connectivity index (χ3n) is 6.66. The Morgan fingerprint density at radius 1 is 1.03 bits per heavy atom. The molecule has 190 valence electrons. The first-order valence-corrected chi connectivity index (χ1v) is 12.1. The van der Waals surface area contributed by atoms with Crippen LogP contribution in [0.4, 0.5) is 0 Å². The number of esters is 1. The Labute approximate surface area is 216 Å². The Hall–Kier alpha value is -3.29. The van der Waals surface area contributed by atoms with Crippen molar-refractivity contribution in [3.05, 3.63) is 81.2 Å². The lowest BCUT2D eigenvalue weighted by atomic mass is 9.71. The maximum absolute atomic E-state index is 13.8. The largest absolute Gasteiger partial charge is 0.497 e. The van der Waals surface area contributed by atoms with Crippen LogP contribution in [0.1, 0.15) is 42.7 Å². The molecule has 1 aliphatic carbocycles. The highest BCUT2D eigenvalue weighted by atomic mass is 35.5. The Balaban J connectivity index is 1.82. The topological polar surface area (TPSA) is 83.1 Å². The molecule has 7 nitrogen and oxygen atoms in total. The highest BCUT2D eigenvalue weighted by Crippen LogP contribution is 2.48. The van der Waals surface area contributed by atoms with Crippen molar-refractivity contribution in [2.45, 2.75) is 31.6 Å². The SMILES string of the molecule is COCCOC(=O)C1=C(C)NC2=C(C(=O)C[C@@H](c3ccc(Cl)cc3)C2)[C@H]1c1cc(OC)ccc1OC. The average Bonchev–Trinajstić information content (AvgIpc) is 2.87. The summed E-state index contributed by atoms with van der Waals surface area (Å²) < 4.78 is 21.7. The van der Waals surface area contributed by atoms with Crippen molar-refractivity contribution in [1.82, 2.24) is 5.32 Å². The average molecular weight is 512 g/mol. The minimum absolute atomic E-state index is 0.00289. The molecule has 1 aliphatic heterocycles. The molecule has 36 heavy (non-hydrogen) atoms. The molecule has 0 radical (unpaired) electrons. The van der Waals surface area contributed by atoms with Crippen molar-refractivity contribution in [3.8, 4) is 11.5 Å². The van der Waals surface area contributed by atoms with Crippen molar-refractivity contribution in [1.29, 1.82) is 0 Å². The van der Waals surface area contributed by atoms with Crippen molar-refractivity contribution in [2.24, 2.45) is 0 Å². The molecule has 0 amide bonds. The first kappa shape index (κ1) is 25.8. The second-order valence-electron chi connectivity index (χ2n) is 8.81. The van der Waals surface area contributed by atoms with Gasteiger partial charge in [-0.05, 0) is 55.2 Å².